The molecule has 0 saturated heterocycles. The van der Waals surface area contributed by atoms with Crippen molar-refractivity contribution in [1.82, 2.24) is 0 Å². The SMILES string of the molecule is Cc1ccccc1NC(=O)C(C)Nc1ccc(C(C)C)cc1. The Balaban J connectivity index is 1.98. The van der Waals surface area contributed by atoms with Crippen molar-refractivity contribution in [3.8, 4) is 0 Å². The molecule has 0 radical (unpaired) electrons. The molecule has 2 aromatic carbocycles. The predicted molar refractivity (Wildman–Crippen MR) is 93.4 cm³/mol. The monoisotopic (exact) mass is 296 g/mol. The van der Waals surface area contributed by atoms with Gasteiger partial charge in [0.15, 0.2) is 0 Å². The maximum absolute atomic E-state index is 12.3. The lowest BCUT2D eigenvalue weighted by Crippen LogP contribution is -2.32. The number of anilines is 2. The molecule has 0 aliphatic rings. The van der Waals surface area contributed by atoms with E-state index >= 15 is 0 Å². The first-order valence-electron chi connectivity index (χ1n) is 7.70. The molecule has 22 heavy (non-hydrogen) atoms. The summed E-state index contributed by atoms with van der Waals surface area (Å²) >= 11 is 0. The van der Waals surface area contributed by atoms with Crippen molar-refractivity contribution < 1.29 is 4.79 Å². The molecule has 0 aromatic heterocycles. The summed E-state index contributed by atoms with van der Waals surface area (Å²) < 4.78 is 0. The molecule has 0 bridgehead atoms. The highest BCUT2D eigenvalue weighted by Gasteiger charge is 2.13. The van der Waals surface area contributed by atoms with Gasteiger partial charge in [-0.25, -0.2) is 0 Å². The second-order valence-electron chi connectivity index (χ2n) is 5.95. The van der Waals surface area contributed by atoms with Crippen molar-refractivity contribution in [2.24, 2.45) is 0 Å². The quantitative estimate of drug-likeness (QED) is 0.849. The van der Waals surface area contributed by atoms with Gasteiger partial charge in [0.05, 0.1) is 0 Å². The van der Waals surface area contributed by atoms with Crippen molar-refractivity contribution in [2.45, 2.75) is 39.7 Å². The van der Waals surface area contributed by atoms with Crippen LogP contribution in [0, 0.1) is 6.92 Å². The first kappa shape index (κ1) is 16.1. The molecule has 1 atom stereocenters. The van der Waals surface area contributed by atoms with Crippen LogP contribution in [0.25, 0.3) is 0 Å². The van der Waals surface area contributed by atoms with Gasteiger partial charge in [-0.1, -0.05) is 44.2 Å². The van der Waals surface area contributed by atoms with Crippen LogP contribution < -0.4 is 10.6 Å². The molecule has 0 fully saturated rings. The summed E-state index contributed by atoms with van der Waals surface area (Å²) in [6.07, 6.45) is 0. The van der Waals surface area contributed by atoms with E-state index in [1.165, 1.54) is 5.56 Å². The summed E-state index contributed by atoms with van der Waals surface area (Å²) in [5.74, 6) is 0.470. The lowest BCUT2D eigenvalue weighted by atomic mass is 10.0. The van der Waals surface area contributed by atoms with Gasteiger partial charge in [0, 0.05) is 11.4 Å². The Morgan fingerprint density at radius 2 is 1.59 bits per heavy atom. The van der Waals surface area contributed by atoms with Gasteiger partial charge in [-0.05, 0) is 49.1 Å². The van der Waals surface area contributed by atoms with Crippen molar-refractivity contribution in [1.29, 1.82) is 0 Å². The van der Waals surface area contributed by atoms with E-state index in [4.69, 9.17) is 0 Å². The molecule has 1 amide bonds. The number of amides is 1. The minimum absolute atomic E-state index is 0.0396. The van der Waals surface area contributed by atoms with Crippen LogP contribution in [0.5, 0.6) is 0 Å². The Hall–Kier alpha value is -2.29. The third-order valence-electron chi connectivity index (χ3n) is 3.76. The van der Waals surface area contributed by atoms with E-state index in [9.17, 15) is 4.79 Å². The molecule has 0 aliphatic carbocycles. The summed E-state index contributed by atoms with van der Waals surface area (Å²) in [5.41, 5.74) is 4.17. The van der Waals surface area contributed by atoms with Crippen LogP contribution in [-0.2, 0) is 4.79 Å². The van der Waals surface area contributed by atoms with Crippen LogP contribution in [0.4, 0.5) is 11.4 Å². The van der Waals surface area contributed by atoms with Gasteiger partial charge < -0.3 is 10.6 Å². The van der Waals surface area contributed by atoms with Gasteiger partial charge in [-0.3, -0.25) is 4.79 Å². The molecule has 2 aromatic rings. The van der Waals surface area contributed by atoms with Gasteiger partial charge in [-0.2, -0.15) is 0 Å². The van der Waals surface area contributed by atoms with Crippen LogP contribution in [0.2, 0.25) is 0 Å². The lowest BCUT2D eigenvalue weighted by molar-refractivity contribution is -0.116. The third-order valence-corrected chi connectivity index (χ3v) is 3.76. The molecule has 3 heteroatoms. The van der Waals surface area contributed by atoms with E-state index in [-0.39, 0.29) is 11.9 Å². The average molecular weight is 296 g/mol. The van der Waals surface area contributed by atoms with Gasteiger partial charge in [0.1, 0.15) is 6.04 Å². The minimum Gasteiger partial charge on any atom is -0.374 e. The average Bonchev–Trinajstić information content (AvgIpc) is 2.50. The molecule has 116 valence electrons. The number of hydrogen-bond donors (Lipinski definition) is 2. The second-order valence-corrected chi connectivity index (χ2v) is 5.95. The number of rotatable bonds is 5. The highest BCUT2D eigenvalue weighted by Crippen LogP contribution is 2.18. The smallest absolute Gasteiger partial charge is 0.246 e. The summed E-state index contributed by atoms with van der Waals surface area (Å²) in [7, 11) is 0. The highest BCUT2D eigenvalue weighted by atomic mass is 16.2. The van der Waals surface area contributed by atoms with Gasteiger partial charge >= 0.3 is 0 Å². The Morgan fingerprint density at radius 1 is 0.955 bits per heavy atom. The standard InChI is InChI=1S/C19H24N2O/c1-13(2)16-9-11-17(12-10-16)20-15(4)19(22)21-18-8-6-5-7-14(18)3/h5-13,15,20H,1-4H3,(H,21,22). The molecule has 2 rings (SSSR count). The Morgan fingerprint density at radius 3 is 2.18 bits per heavy atom. The molecule has 0 heterocycles. The van der Waals surface area contributed by atoms with E-state index in [1.807, 2.05) is 50.2 Å². The molecular formula is C19H24N2O. The zero-order chi connectivity index (χ0) is 16.1. The van der Waals surface area contributed by atoms with Crippen molar-refractivity contribution in [3.63, 3.8) is 0 Å². The number of nitrogens with one attached hydrogen (secondary N) is 2. The van der Waals surface area contributed by atoms with Crippen LogP contribution in [0.15, 0.2) is 48.5 Å². The Kier molecular flexibility index (Phi) is 5.21. The number of benzene rings is 2. The topological polar surface area (TPSA) is 41.1 Å². The van der Waals surface area contributed by atoms with Crippen LogP contribution in [-0.4, -0.2) is 11.9 Å². The van der Waals surface area contributed by atoms with Crippen molar-refractivity contribution in [2.75, 3.05) is 10.6 Å². The van der Waals surface area contributed by atoms with Gasteiger partial charge in [0.2, 0.25) is 5.91 Å². The van der Waals surface area contributed by atoms with E-state index in [0.29, 0.717) is 5.92 Å². The van der Waals surface area contributed by atoms with E-state index < -0.39 is 0 Å². The number of carbonyl (C=O) groups excluding carboxylic acids is 1. The van der Waals surface area contributed by atoms with Crippen LogP contribution in [0.1, 0.15) is 37.8 Å². The summed E-state index contributed by atoms with van der Waals surface area (Å²) in [4.78, 5) is 12.3. The van der Waals surface area contributed by atoms with E-state index in [2.05, 4.69) is 36.6 Å². The maximum atomic E-state index is 12.3. The minimum atomic E-state index is -0.301. The maximum Gasteiger partial charge on any atom is 0.246 e. The molecule has 1 unspecified atom stereocenters. The summed E-state index contributed by atoms with van der Waals surface area (Å²) in [6, 6.07) is 15.7. The van der Waals surface area contributed by atoms with E-state index in [0.717, 1.165) is 16.9 Å². The number of hydrogen-bond acceptors (Lipinski definition) is 2. The van der Waals surface area contributed by atoms with Crippen LogP contribution in [0.3, 0.4) is 0 Å². The van der Waals surface area contributed by atoms with Crippen LogP contribution >= 0.6 is 0 Å². The summed E-state index contributed by atoms with van der Waals surface area (Å²) in [5, 5.41) is 6.19. The number of para-hydroxylation sites is 1. The number of aryl methyl sites for hydroxylation is 1. The number of carbonyl (C=O) groups is 1. The highest BCUT2D eigenvalue weighted by molar-refractivity contribution is 5.96. The first-order valence-corrected chi connectivity index (χ1v) is 7.70. The Bertz CT molecular complexity index is 632. The zero-order valence-electron chi connectivity index (χ0n) is 13.7. The first-order chi connectivity index (χ1) is 10.5. The lowest BCUT2D eigenvalue weighted by Gasteiger charge is -2.17. The van der Waals surface area contributed by atoms with Gasteiger partial charge in [0.25, 0.3) is 0 Å². The molecule has 0 saturated carbocycles. The van der Waals surface area contributed by atoms with Gasteiger partial charge in [-0.15, -0.1) is 0 Å². The molecule has 2 N–H and O–H groups in total. The largest absolute Gasteiger partial charge is 0.374 e. The molecule has 0 spiro atoms. The fourth-order valence-corrected chi connectivity index (χ4v) is 2.23. The van der Waals surface area contributed by atoms with E-state index in [1.54, 1.807) is 0 Å². The second kappa shape index (κ2) is 7.12. The Labute approximate surface area is 132 Å². The molecule has 3 nitrogen and oxygen atoms in total. The fraction of sp³-hybridized carbons (Fsp3) is 0.316. The normalized spacial score (nSPS) is 12.0. The third kappa shape index (κ3) is 4.10. The fourth-order valence-electron chi connectivity index (χ4n) is 2.23. The zero-order valence-corrected chi connectivity index (χ0v) is 13.7. The molecular weight excluding hydrogens is 272 g/mol. The van der Waals surface area contributed by atoms with Crippen molar-refractivity contribution in [3.05, 3.63) is 59.7 Å². The summed E-state index contributed by atoms with van der Waals surface area (Å²) in [6.45, 7) is 8.18. The van der Waals surface area contributed by atoms with Crippen molar-refractivity contribution >= 4 is 17.3 Å². The predicted octanol–water partition coefficient (Wildman–Crippen LogP) is 4.56. The molecule has 0 aliphatic heterocycles.